The number of ether oxygens (including phenoxy) is 2. The zero-order valence-corrected chi connectivity index (χ0v) is 12.5. The smallest absolute Gasteiger partial charge is 0.133 e. The molecule has 21 heavy (non-hydrogen) atoms. The quantitative estimate of drug-likeness (QED) is 0.823. The lowest BCUT2D eigenvalue weighted by molar-refractivity contribution is 0.0161. The minimum Gasteiger partial charge on any atom is -0.490 e. The highest BCUT2D eigenvalue weighted by atomic mass is 16.5. The molecule has 0 saturated carbocycles. The first-order valence-electron chi connectivity index (χ1n) is 7.21. The molecule has 0 aromatic heterocycles. The predicted octanol–water partition coefficient (Wildman–Crippen LogP) is 2.67. The molecule has 1 unspecified atom stereocenters. The summed E-state index contributed by atoms with van der Waals surface area (Å²) in [5, 5.41) is 21.7. The third-order valence-corrected chi connectivity index (χ3v) is 3.29. The van der Waals surface area contributed by atoms with Crippen molar-refractivity contribution in [1.29, 1.82) is 0 Å². The van der Waals surface area contributed by atoms with Crippen LogP contribution in [0.25, 0.3) is 10.8 Å². The summed E-state index contributed by atoms with van der Waals surface area (Å²) < 4.78 is 11.0. The van der Waals surface area contributed by atoms with Gasteiger partial charge >= 0.3 is 0 Å². The Kier molecular flexibility index (Phi) is 5.56. The van der Waals surface area contributed by atoms with E-state index >= 15 is 0 Å². The van der Waals surface area contributed by atoms with Crippen LogP contribution in [0.3, 0.4) is 0 Å². The predicted molar refractivity (Wildman–Crippen MR) is 82.6 cm³/mol. The fourth-order valence-electron chi connectivity index (χ4n) is 2.23. The summed E-state index contributed by atoms with van der Waals surface area (Å²) in [4.78, 5) is 0. The molecule has 2 aromatic carbocycles. The van der Waals surface area contributed by atoms with Crippen molar-refractivity contribution < 1.29 is 19.7 Å². The highest BCUT2D eigenvalue weighted by molar-refractivity contribution is 5.89. The maximum Gasteiger partial charge on any atom is 0.133 e. The van der Waals surface area contributed by atoms with Gasteiger partial charge < -0.3 is 19.7 Å². The summed E-state index contributed by atoms with van der Waals surface area (Å²) in [7, 11) is 0. The topological polar surface area (TPSA) is 58.9 Å². The van der Waals surface area contributed by atoms with E-state index in [-0.39, 0.29) is 13.2 Å². The highest BCUT2D eigenvalue weighted by Gasteiger charge is 2.14. The number of aliphatic hydroxyl groups is 2. The molecule has 0 aliphatic carbocycles. The lowest BCUT2D eigenvalue weighted by Crippen LogP contribution is -2.23. The van der Waals surface area contributed by atoms with Gasteiger partial charge in [0.05, 0.1) is 12.7 Å². The normalized spacial score (nSPS) is 14.1. The molecule has 0 amide bonds. The van der Waals surface area contributed by atoms with Crippen LogP contribution in [0.2, 0.25) is 0 Å². The Morgan fingerprint density at radius 3 is 2.52 bits per heavy atom. The zero-order valence-electron chi connectivity index (χ0n) is 12.5. The van der Waals surface area contributed by atoms with Crippen molar-refractivity contribution in [2.24, 2.45) is 0 Å². The van der Waals surface area contributed by atoms with Crippen LogP contribution in [-0.2, 0) is 4.74 Å². The molecule has 114 valence electrons. The van der Waals surface area contributed by atoms with Crippen molar-refractivity contribution in [1.82, 2.24) is 0 Å². The van der Waals surface area contributed by atoms with Gasteiger partial charge in [0.2, 0.25) is 0 Å². The van der Waals surface area contributed by atoms with Crippen molar-refractivity contribution >= 4 is 10.8 Å². The fourth-order valence-corrected chi connectivity index (χ4v) is 2.23. The molecular weight excluding hydrogens is 268 g/mol. The molecule has 2 aromatic rings. The van der Waals surface area contributed by atoms with Crippen LogP contribution in [0.4, 0.5) is 0 Å². The maximum atomic E-state index is 9.90. The van der Waals surface area contributed by atoms with Gasteiger partial charge in [-0.05, 0) is 19.2 Å². The molecule has 2 rings (SSSR count). The lowest BCUT2D eigenvalue weighted by Gasteiger charge is -2.18. The minimum atomic E-state index is -0.689. The molecule has 2 atom stereocenters. The third-order valence-electron chi connectivity index (χ3n) is 3.29. The first kappa shape index (κ1) is 15.8. The second-order valence-corrected chi connectivity index (χ2v) is 5.01. The van der Waals surface area contributed by atoms with Crippen LogP contribution >= 0.6 is 0 Å². The summed E-state index contributed by atoms with van der Waals surface area (Å²) >= 11 is 0. The largest absolute Gasteiger partial charge is 0.490 e. The SMILES string of the molecule is CCOCC(O)COc1c([C@@H](C)O)ccc2ccccc12. The summed E-state index contributed by atoms with van der Waals surface area (Å²) in [5.74, 6) is 0.624. The van der Waals surface area contributed by atoms with Crippen molar-refractivity contribution in [2.75, 3.05) is 19.8 Å². The highest BCUT2D eigenvalue weighted by Crippen LogP contribution is 2.33. The average molecular weight is 290 g/mol. The molecule has 0 aliphatic heterocycles. The van der Waals surface area contributed by atoms with Gasteiger partial charge in [0, 0.05) is 17.6 Å². The molecular formula is C17H22O4. The van der Waals surface area contributed by atoms with Crippen LogP contribution in [-0.4, -0.2) is 36.1 Å². The molecule has 0 aliphatic rings. The molecule has 0 bridgehead atoms. The van der Waals surface area contributed by atoms with Gasteiger partial charge in [-0.3, -0.25) is 0 Å². The summed E-state index contributed by atoms with van der Waals surface area (Å²) in [5.41, 5.74) is 0.720. The van der Waals surface area contributed by atoms with Gasteiger partial charge in [0.15, 0.2) is 0 Å². The van der Waals surface area contributed by atoms with E-state index in [1.54, 1.807) is 6.92 Å². The van der Waals surface area contributed by atoms with E-state index in [9.17, 15) is 10.2 Å². The molecule has 0 heterocycles. The van der Waals surface area contributed by atoms with Crippen LogP contribution in [0.15, 0.2) is 36.4 Å². The van der Waals surface area contributed by atoms with Gasteiger partial charge in [-0.2, -0.15) is 0 Å². The average Bonchev–Trinajstić information content (AvgIpc) is 2.50. The number of hydrogen-bond acceptors (Lipinski definition) is 4. The number of aliphatic hydroxyl groups excluding tert-OH is 2. The first-order valence-corrected chi connectivity index (χ1v) is 7.21. The van der Waals surface area contributed by atoms with Crippen molar-refractivity contribution in [3.63, 3.8) is 0 Å². The lowest BCUT2D eigenvalue weighted by atomic mass is 10.0. The van der Waals surface area contributed by atoms with Crippen LogP contribution in [0.1, 0.15) is 25.5 Å². The van der Waals surface area contributed by atoms with Crippen molar-refractivity contribution in [2.45, 2.75) is 26.1 Å². The number of fused-ring (bicyclic) bond motifs is 1. The zero-order chi connectivity index (χ0) is 15.2. The summed E-state index contributed by atoms with van der Waals surface area (Å²) in [6, 6.07) is 11.6. The van der Waals surface area contributed by atoms with E-state index in [4.69, 9.17) is 9.47 Å². The van der Waals surface area contributed by atoms with E-state index in [2.05, 4.69) is 0 Å². The van der Waals surface area contributed by atoms with Crippen LogP contribution < -0.4 is 4.74 Å². The fraction of sp³-hybridized carbons (Fsp3) is 0.412. The van der Waals surface area contributed by atoms with E-state index in [0.717, 1.165) is 16.3 Å². The Bertz CT molecular complexity index is 580. The first-order chi connectivity index (χ1) is 10.1. The Morgan fingerprint density at radius 2 is 1.81 bits per heavy atom. The monoisotopic (exact) mass is 290 g/mol. The second kappa shape index (κ2) is 7.41. The number of rotatable bonds is 7. The van der Waals surface area contributed by atoms with Gasteiger partial charge in [0.1, 0.15) is 18.5 Å². The van der Waals surface area contributed by atoms with Gasteiger partial charge in [-0.1, -0.05) is 36.4 Å². The van der Waals surface area contributed by atoms with E-state index in [1.165, 1.54) is 0 Å². The Labute approximate surface area is 124 Å². The summed E-state index contributed by atoms with van der Waals surface area (Å²) in [6.45, 7) is 4.51. The standard InChI is InChI=1S/C17H22O4/c1-3-20-10-14(19)11-21-17-15(12(2)18)9-8-13-6-4-5-7-16(13)17/h4-9,12,14,18-19H,3,10-11H2,1-2H3/t12-,14?/m1/s1. The molecule has 4 nitrogen and oxygen atoms in total. The molecule has 0 saturated heterocycles. The Hall–Kier alpha value is -1.62. The second-order valence-electron chi connectivity index (χ2n) is 5.01. The third kappa shape index (κ3) is 3.94. The van der Waals surface area contributed by atoms with Crippen LogP contribution in [0.5, 0.6) is 5.75 Å². The van der Waals surface area contributed by atoms with Gasteiger partial charge in [-0.25, -0.2) is 0 Å². The van der Waals surface area contributed by atoms with E-state index in [1.807, 2.05) is 43.3 Å². The van der Waals surface area contributed by atoms with E-state index < -0.39 is 12.2 Å². The van der Waals surface area contributed by atoms with Gasteiger partial charge in [0.25, 0.3) is 0 Å². The Balaban J connectivity index is 2.25. The van der Waals surface area contributed by atoms with Crippen molar-refractivity contribution in [3.8, 4) is 5.75 Å². The number of benzene rings is 2. The molecule has 0 fully saturated rings. The van der Waals surface area contributed by atoms with Gasteiger partial charge in [-0.15, -0.1) is 0 Å². The van der Waals surface area contributed by atoms with Crippen molar-refractivity contribution in [3.05, 3.63) is 42.0 Å². The summed E-state index contributed by atoms with van der Waals surface area (Å²) in [6.07, 6.45) is -1.32. The molecule has 4 heteroatoms. The minimum absolute atomic E-state index is 0.133. The maximum absolute atomic E-state index is 9.90. The molecule has 0 radical (unpaired) electrons. The van der Waals surface area contributed by atoms with Crippen LogP contribution in [0, 0.1) is 0 Å². The van der Waals surface area contributed by atoms with E-state index in [0.29, 0.717) is 12.4 Å². The number of hydrogen-bond donors (Lipinski definition) is 2. The Morgan fingerprint density at radius 1 is 1.05 bits per heavy atom. The molecule has 0 spiro atoms. The molecule has 2 N–H and O–H groups in total.